The Kier molecular flexibility index (Phi) is 18.5. The Balaban J connectivity index is 0.000000395. The molecule has 3 heterocycles. The van der Waals surface area contributed by atoms with Gasteiger partial charge in [0.1, 0.15) is 17.0 Å². The molecule has 2 amide bonds. The van der Waals surface area contributed by atoms with Gasteiger partial charge in [0.2, 0.25) is 5.76 Å². The van der Waals surface area contributed by atoms with E-state index >= 15 is 0 Å². The Hall–Kier alpha value is -4.54. The number of rotatable bonds is 9. The Morgan fingerprint density at radius 3 is 1.58 bits per heavy atom. The van der Waals surface area contributed by atoms with E-state index in [1.54, 1.807) is 54.5 Å². The lowest BCUT2D eigenvalue weighted by Crippen LogP contribution is -2.37. The van der Waals surface area contributed by atoms with Crippen molar-refractivity contribution in [3.63, 3.8) is 0 Å². The van der Waals surface area contributed by atoms with Gasteiger partial charge in [-0.05, 0) is 84.7 Å². The molecule has 0 spiro atoms. The maximum Gasteiger partial charge on any atom is 0.407 e. The Bertz CT molecular complexity index is 1330. The summed E-state index contributed by atoms with van der Waals surface area (Å²) in [5.41, 5.74) is 7.70. The van der Waals surface area contributed by atoms with Crippen LogP contribution in [0.15, 0.2) is 15.6 Å². The van der Waals surface area contributed by atoms with Crippen molar-refractivity contribution in [2.75, 3.05) is 34.4 Å². The number of methoxy groups -OCH3 is 3. The van der Waals surface area contributed by atoms with Crippen LogP contribution < -0.4 is 10.6 Å². The van der Waals surface area contributed by atoms with E-state index in [-0.39, 0.29) is 48.3 Å². The molecule has 0 aromatic carbocycles. The van der Waals surface area contributed by atoms with Crippen LogP contribution in [0.5, 0.6) is 0 Å². The molecule has 3 rings (SSSR count). The first kappa shape index (κ1) is 45.5. The third-order valence-electron chi connectivity index (χ3n) is 7.22. The molecule has 0 aliphatic carbocycles. The maximum absolute atomic E-state index is 11.5. The molecule has 0 saturated carbocycles. The number of hydrogen-bond acceptors (Lipinski definition) is 14. The van der Waals surface area contributed by atoms with Crippen molar-refractivity contribution in [2.24, 2.45) is 17.0 Å². The van der Waals surface area contributed by atoms with Crippen LogP contribution in [-0.2, 0) is 49.3 Å². The van der Waals surface area contributed by atoms with Crippen LogP contribution in [0.2, 0.25) is 0 Å². The van der Waals surface area contributed by atoms with Crippen molar-refractivity contribution in [2.45, 2.75) is 117 Å². The summed E-state index contributed by atoms with van der Waals surface area (Å²) in [4.78, 5) is 59.5. The van der Waals surface area contributed by atoms with E-state index in [1.165, 1.54) is 21.3 Å². The lowest BCUT2D eigenvalue weighted by atomic mass is 10.0. The number of ether oxygens (including phenoxy) is 7. The van der Waals surface area contributed by atoms with Crippen molar-refractivity contribution < 1.29 is 61.5 Å². The van der Waals surface area contributed by atoms with Gasteiger partial charge in [0.25, 0.3) is 0 Å². The number of amides is 2. The number of hydrogen-bond donors (Lipinski definition) is 2. The molecule has 2 saturated heterocycles. The molecular formula is C34H55N5O13. The first-order valence-corrected chi connectivity index (χ1v) is 16.7. The number of carbonyl (C=O) groups excluding carboxylic acids is 5. The smallest absolute Gasteiger partial charge is 0.407 e. The van der Waals surface area contributed by atoms with E-state index in [1.807, 2.05) is 13.8 Å². The van der Waals surface area contributed by atoms with Gasteiger partial charge in [-0.3, -0.25) is 0 Å². The number of azide groups is 1. The summed E-state index contributed by atoms with van der Waals surface area (Å²) in [5, 5.41) is 8.60. The molecule has 0 unspecified atom stereocenters. The van der Waals surface area contributed by atoms with E-state index in [9.17, 15) is 24.0 Å². The Morgan fingerprint density at radius 1 is 0.808 bits per heavy atom. The normalized spacial score (nSPS) is 22.2. The molecule has 18 nitrogen and oxygen atoms in total. The van der Waals surface area contributed by atoms with Crippen molar-refractivity contribution in [1.82, 2.24) is 10.6 Å². The van der Waals surface area contributed by atoms with Crippen LogP contribution in [0.25, 0.3) is 10.4 Å². The first-order valence-electron chi connectivity index (χ1n) is 16.7. The molecule has 2 aliphatic rings. The summed E-state index contributed by atoms with van der Waals surface area (Å²) in [6.45, 7) is 17.1. The second kappa shape index (κ2) is 21.1. The van der Waals surface area contributed by atoms with E-state index in [0.29, 0.717) is 37.3 Å². The van der Waals surface area contributed by atoms with Gasteiger partial charge in [-0.15, -0.1) is 0 Å². The molecule has 0 radical (unpaired) electrons. The fourth-order valence-corrected chi connectivity index (χ4v) is 4.99. The zero-order valence-electron chi connectivity index (χ0n) is 32.2. The molecule has 1 aromatic heterocycles. The van der Waals surface area contributed by atoms with Gasteiger partial charge < -0.3 is 48.2 Å². The average Bonchev–Trinajstić information content (AvgIpc) is 3.74. The quantitative estimate of drug-likeness (QED) is 0.110. The zero-order chi connectivity index (χ0) is 39.8. The fourth-order valence-electron chi connectivity index (χ4n) is 4.99. The molecule has 294 valence electrons. The van der Waals surface area contributed by atoms with Crippen LogP contribution in [0.4, 0.5) is 9.59 Å². The van der Waals surface area contributed by atoms with Gasteiger partial charge in [-0.1, -0.05) is 19.0 Å². The lowest BCUT2D eigenvalue weighted by Gasteiger charge is -2.20. The Morgan fingerprint density at radius 2 is 1.23 bits per heavy atom. The van der Waals surface area contributed by atoms with Gasteiger partial charge in [0.05, 0.1) is 40.1 Å². The van der Waals surface area contributed by atoms with Gasteiger partial charge >= 0.3 is 30.1 Å². The summed E-state index contributed by atoms with van der Waals surface area (Å²) in [6.07, 6.45) is -1.02. The Labute approximate surface area is 304 Å². The molecule has 2 fully saturated rings. The highest BCUT2D eigenvalue weighted by molar-refractivity contribution is 5.87. The van der Waals surface area contributed by atoms with Crippen LogP contribution in [-0.4, -0.2) is 100 Å². The number of nitrogens with zero attached hydrogens (tertiary/aromatic N) is 3. The molecular weight excluding hydrogens is 686 g/mol. The highest BCUT2D eigenvalue weighted by Crippen LogP contribution is 2.27. The SMILES string of the molecule is COC(=O)[C@@H]1O[C@H](CNC(=O)OC(C)(C)C)C[C@@H]1C.COC(=O)[C@H]1O[C@@H](CNC(=O)OC(C)(C)C)C[C@H]1C.COC(=O)c1oc(CN=[N+]=[N-])cc1C. The predicted octanol–water partition coefficient (Wildman–Crippen LogP) is 5.14. The van der Waals surface area contributed by atoms with Gasteiger partial charge in [-0.2, -0.15) is 0 Å². The largest absolute Gasteiger partial charge is 0.467 e. The summed E-state index contributed by atoms with van der Waals surface area (Å²) in [6, 6.07) is 1.64. The van der Waals surface area contributed by atoms with Crippen LogP contribution in [0, 0.1) is 18.8 Å². The molecule has 18 heteroatoms. The van der Waals surface area contributed by atoms with Gasteiger partial charge in [-0.25, -0.2) is 24.0 Å². The fraction of sp³-hybridized carbons (Fsp3) is 0.735. The summed E-state index contributed by atoms with van der Waals surface area (Å²) < 4.78 is 40.3. The second-order valence-electron chi connectivity index (χ2n) is 14.2. The molecule has 0 bridgehead atoms. The van der Waals surface area contributed by atoms with E-state index in [4.69, 9.17) is 28.9 Å². The monoisotopic (exact) mass is 741 g/mol. The van der Waals surface area contributed by atoms with Gasteiger partial charge in [0.15, 0.2) is 12.2 Å². The third-order valence-corrected chi connectivity index (χ3v) is 7.22. The average molecular weight is 742 g/mol. The van der Waals surface area contributed by atoms with Crippen LogP contribution in [0.1, 0.15) is 90.1 Å². The number of carbonyl (C=O) groups is 5. The maximum atomic E-state index is 11.5. The van der Waals surface area contributed by atoms with Crippen molar-refractivity contribution in [3.05, 3.63) is 33.6 Å². The minimum absolute atomic E-state index is 0.0814. The number of nitrogens with one attached hydrogen (secondary N) is 2. The van der Waals surface area contributed by atoms with Gasteiger partial charge in [0, 0.05) is 23.6 Å². The van der Waals surface area contributed by atoms with Crippen LogP contribution in [0.3, 0.4) is 0 Å². The minimum Gasteiger partial charge on any atom is -0.467 e. The highest BCUT2D eigenvalue weighted by atomic mass is 16.6. The summed E-state index contributed by atoms with van der Waals surface area (Å²) >= 11 is 0. The zero-order valence-corrected chi connectivity index (χ0v) is 32.2. The lowest BCUT2D eigenvalue weighted by molar-refractivity contribution is -0.155. The topological polar surface area (TPSA) is 236 Å². The first-order chi connectivity index (χ1) is 24.1. The van der Waals surface area contributed by atoms with E-state index in [0.717, 1.165) is 0 Å². The predicted molar refractivity (Wildman–Crippen MR) is 185 cm³/mol. The standard InChI is InChI=1S/2C13H23NO5.C8H9N3O3/c2*1-8-6-9(18-10(8)11(15)17-5)7-14-12(16)19-13(2,3)4;1-5-3-6(4-10-11-9)14-7(5)8(12)13-2/h2*8-10H,6-7H2,1-5H3,(H,14,16);3H,4H2,1-2H3/t2*8-,9-,10+;/m10./s1. The molecule has 2 N–H and O–H groups in total. The number of aryl methyl sites for hydroxylation is 1. The van der Waals surface area contributed by atoms with E-state index in [2.05, 4.69) is 34.9 Å². The molecule has 6 atom stereocenters. The molecule has 2 aliphatic heterocycles. The number of alkyl carbamates (subject to hydrolysis) is 2. The van der Waals surface area contributed by atoms with Crippen molar-refractivity contribution >= 4 is 30.1 Å². The number of esters is 3. The minimum atomic E-state index is -0.546. The second-order valence-corrected chi connectivity index (χ2v) is 14.2. The summed E-state index contributed by atoms with van der Waals surface area (Å²) in [5.74, 6) is -0.513. The van der Waals surface area contributed by atoms with Crippen LogP contribution >= 0.6 is 0 Å². The third kappa shape index (κ3) is 16.7. The van der Waals surface area contributed by atoms with E-state index < -0.39 is 41.6 Å². The molecule has 52 heavy (non-hydrogen) atoms. The van der Waals surface area contributed by atoms with Crippen molar-refractivity contribution in [1.29, 1.82) is 0 Å². The van der Waals surface area contributed by atoms with Crippen molar-refractivity contribution in [3.8, 4) is 0 Å². The molecule has 1 aromatic rings. The summed E-state index contributed by atoms with van der Waals surface area (Å²) in [7, 11) is 3.95. The highest BCUT2D eigenvalue weighted by Gasteiger charge is 2.39. The number of furan rings is 1.